The molecule has 0 bridgehead atoms. The maximum absolute atomic E-state index is 5.57. The Morgan fingerprint density at radius 3 is 2.68 bits per heavy atom. The van der Waals surface area contributed by atoms with Gasteiger partial charge in [0, 0.05) is 18.0 Å². The summed E-state index contributed by atoms with van der Waals surface area (Å²) in [6.45, 7) is 9.09. The highest BCUT2D eigenvalue weighted by atomic mass is 28.3. The average Bonchev–Trinajstić information content (AvgIpc) is 2.72. The fraction of sp³-hybridized carbons (Fsp3) is 0.467. The maximum Gasteiger partial charge on any atom is 0.159 e. The highest BCUT2D eigenvalue weighted by Gasteiger charge is 2.19. The number of fused-ring (bicyclic) bond motifs is 1. The van der Waals surface area contributed by atoms with Gasteiger partial charge in [-0.1, -0.05) is 33.0 Å². The molecule has 4 heteroatoms. The van der Waals surface area contributed by atoms with Crippen molar-refractivity contribution in [2.75, 3.05) is 0 Å². The van der Waals surface area contributed by atoms with Crippen molar-refractivity contribution in [2.45, 2.75) is 45.8 Å². The molecule has 0 N–H and O–H groups in total. The standard InChI is InChI=1S/C15H21N3Si/c1-6-8-9-13-14(7-2)17-18-11-12(19(3,4)5)10-16-15(13)18/h2,10-11H,6,8-9H2,1,3-5H3. The van der Waals surface area contributed by atoms with E-state index in [0.717, 1.165) is 36.2 Å². The maximum atomic E-state index is 5.57. The summed E-state index contributed by atoms with van der Waals surface area (Å²) >= 11 is 0. The molecule has 19 heavy (non-hydrogen) atoms. The van der Waals surface area contributed by atoms with E-state index in [9.17, 15) is 0 Å². The topological polar surface area (TPSA) is 30.2 Å². The van der Waals surface area contributed by atoms with Gasteiger partial charge in [0.15, 0.2) is 5.65 Å². The first-order chi connectivity index (χ1) is 8.97. The van der Waals surface area contributed by atoms with E-state index in [1.165, 1.54) is 5.19 Å². The van der Waals surface area contributed by atoms with Crippen molar-refractivity contribution in [3.8, 4) is 12.3 Å². The Morgan fingerprint density at radius 2 is 2.11 bits per heavy atom. The van der Waals surface area contributed by atoms with E-state index in [1.807, 2.05) is 10.7 Å². The van der Waals surface area contributed by atoms with Crippen LogP contribution < -0.4 is 5.19 Å². The van der Waals surface area contributed by atoms with Gasteiger partial charge in [0.2, 0.25) is 0 Å². The number of aromatic nitrogens is 3. The molecule has 3 nitrogen and oxygen atoms in total. The van der Waals surface area contributed by atoms with Gasteiger partial charge in [0.1, 0.15) is 5.69 Å². The molecule has 2 heterocycles. The van der Waals surface area contributed by atoms with Crippen LogP contribution in [0.5, 0.6) is 0 Å². The van der Waals surface area contributed by atoms with Crippen molar-refractivity contribution in [1.29, 1.82) is 0 Å². The van der Waals surface area contributed by atoms with Gasteiger partial charge in [-0.15, -0.1) is 6.42 Å². The smallest absolute Gasteiger partial charge is 0.159 e. The van der Waals surface area contributed by atoms with Crippen molar-refractivity contribution in [3.63, 3.8) is 0 Å². The van der Waals surface area contributed by atoms with Gasteiger partial charge in [0.05, 0.1) is 8.07 Å². The van der Waals surface area contributed by atoms with Crippen LogP contribution in [0.1, 0.15) is 31.0 Å². The molecule has 0 unspecified atom stereocenters. The zero-order chi connectivity index (χ0) is 14.0. The van der Waals surface area contributed by atoms with Gasteiger partial charge < -0.3 is 0 Å². The van der Waals surface area contributed by atoms with Crippen LogP contribution in [0.3, 0.4) is 0 Å². The minimum atomic E-state index is -1.37. The lowest BCUT2D eigenvalue weighted by Gasteiger charge is -2.15. The number of hydrogen-bond acceptors (Lipinski definition) is 2. The molecule has 2 aromatic rings. The third-order valence-electron chi connectivity index (χ3n) is 3.35. The molecule has 0 radical (unpaired) electrons. The van der Waals surface area contributed by atoms with Crippen molar-refractivity contribution >= 4 is 18.9 Å². The van der Waals surface area contributed by atoms with Gasteiger partial charge in [-0.3, -0.25) is 0 Å². The number of hydrogen-bond donors (Lipinski definition) is 0. The summed E-state index contributed by atoms with van der Waals surface area (Å²) in [4.78, 5) is 4.61. The normalized spacial score (nSPS) is 11.7. The van der Waals surface area contributed by atoms with Crippen molar-refractivity contribution in [1.82, 2.24) is 14.6 Å². The van der Waals surface area contributed by atoms with E-state index in [0.29, 0.717) is 0 Å². The van der Waals surface area contributed by atoms with Crippen LogP contribution in [0.4, 0.5) is 0 Å². The lowest BCUT2D eigenvalue weighted by atomic mass is 10.1. The third-order valence-corrected chi connectivity index (χ3v) is 5.34. The van der Waals surface area contributed by atoms with Gasteiger partial charge in [-0.05, 0) is 23.9 Å². The number of rotatable bonds is 4. The first-order valence-electron chi connectivity index (χ1n) is 6.81. The predicted molar refractivity (Wildman–Crippen MR) is 82.5 cm³/mol. The Hall–Kier alpha value is -1.60. The Kier molecular flexibility index (Phi) is 3.77. The molecule has 0 saturated heterocycles. The molecule has 2 rings (SSSR count). The van der Waals surface area contributed by atoms with Gasteiger partial charge in [-0.25, -0.2) is 9.50 Å². The molecule has 0 saturated carbocycles. The molecule has 0 spiro atoms. The van der Waals surface area contributed by atoms with E-state index < -0.39 is 8.07 Å². The molecule has 0 fully saturated rings. The number of unbranched alkanes of at least 4 members (excludes halogenated alkanes) is 1. The fourth-order valence-corrected chi connectivity index (χ4v) is 3.03. The second-order valence-electron chi connectivity index (χ2n) is 5.94. The van der Waals surface area contributed by atoms with Gasteiger partial charge >= 0.3 is 0 Å². The lowest BCUT2D eigenvalue weighted by Crippen LogP contribution is -2.38. The van der Waals surface area contributed by atoms with Crippen LogP contribution in [0.2, 0.25) is 19.6 Å². The Bertz CT molecular complexity index is 629. The summed E-state index contributed by atoms with van der Waals surface area (Å²) in [5.74, 6) is 2.69. The summed E-state index contributed by atoms with van der Waals surface area (Å²) in [7, 11) is -1.37. The van der Waals surface area contributed by atoms with Crippen LogP contribution >= 0.6 is 0 Å². The van der Waals surface area contributed by atoms with E-state index >= 15 is 0 Å². The van der Waals surface area contributed by atoms with Crippen LogP contribution in [0.15, 0.2) is 12.4 Å². The molecule has 100 valence electrons. The Labute approximate surface area is 116 Å². The summed E-state index contributed by atoms with van der Waals surface area (Å²) < 4.78 is 1.87. The average molecular weight is 271 g/mol. The summed E-state index contributed by atoms with van der Waals surface area (Å²) in [6, 6.07) is 0. The quantitative estimate of drug-likeness (QED) is 0.632. The van der Waals surface area contributed by atoms with Crippen molar-refractivity contribution in [2.24, 2.45) is 0 Å². The molecular formula is C15H21N3Si. The fourth-order valence-electron chi connectivity index (χ4n) is 2.07. The van der Waals surface area contributed by atoms with Crippen LogP contribution in [-0.2, 0) is 6.42 Å². The summed E-state index contributed by atoms with van der Waals surface area (Å²) in [5, 5.41) is 5.80. The first kappa shape index (κ1) is 13.8. The SMILES string of the molecule is C#Cc1nn2cc([Si](C)(C)C)cnc2c1CCCC. The number of aryl methyl sites for hydroxylation is 1. The van der Waals surface area contributed by atoms with Gasteiger partial charge in [0.25, 0.3) is 0 Å². The van der Waals surface area contributed by atoms with Crippen LogP contribution in [0.25, 0.3) is 5.65 Å². The summed E-state index contributed by atoms with van der Waals surface area (Å²) in [5.41, 5.74) is 2.78. The van der Waals surface area contributed by atoms with E-state index in [4.69, 9.17) is 6.42 Å². The monoisotopic (exact) mass is 271 g/mol. The van der Waals surface area contributed by atoms with Crippen LogP contribution in [0, 0.1) is 12.3 Å². The molecule has 0 amide bonds. The molecule has 0 aliphatic rings. The van der Waals surface area contributed by atoms with E-state index in [1.54, 1.807) is 0 Å². The van der Waals surface area contributed by atoms with E-state index in [2.05, 4.69) is 48.8 Å². The Morgan fingerprint density at radius 1 is 1.37 bits per heavy atom. The summed E-state index contributed by atoms with van der Waals surface area (Å²) in [6.07, 6.45) is 12.9. The van der Waals surface area contributed by atoms with Gasteiger partial charge in [-0.2, -0.15) is 5.10 Å². The number of nitrogens with zero attached hydrogens (tertiary/aromatic N) is 3. The molecule has 2 aromatic heterocycles. The second kappa shape index (κ2) is 5.18. The largest absolute Gasteiger partial charge is 0.237 e. The molecule has 0 aliphatic heterocycles. The number of terminal acetylenes is 1. The molecule has 0 aliphatic carbocycles. The van der Waals surface area contributed by atoms with E-state index in [-0.39, 0.29) is 0 Å². The Balaban J connectivity index is 2.55. The van der Waals surface area contributed by atoms with Crippen molar-refractivity contribution in [3.05, 3.63) is 23.7 Å². The van der Waals surface area contributed by atoms with Crippen LogP contribution in [-0.4, -0.2) is 22.7 Å². The highest BCUT2D eigenvalue weighted by molar-refractivity contribution is 6.88. The molecule has 0 atom stereocenters. The first-order valence-corrected chi connectivity index (χ1v) is 10.3. The zero-order valence-corrected chi connectivity index (χ0v) is 13.2. The minimum absolute atomic E-state index is 0.744. The van der Waals surface area contributed by atoms with Crippen molar-refractivity contribution < 1.29 is 0 Å². The lowest BCUT2D eigenvalue weighted by molar-refractivity contribution is 0.796. The highest BCUT2D eigenvalue weighted by Crippen LogP contribution is 2.16. The third kappa shape index (κ3) is 2.71. The molecule has 0 aromatic carbocycles. The minimum Gasteiger partial charge on any atom is -0.237 e. The molecular weight excluding hydrogens is 250 g/mol. The predicted octanol–water partition coefficient (Wildman–Crippen LogP) is 2.60. The zero-order valence-electron chi connectivity index (χ0n) is 12.2. The second-order valence-corrected chi connectivity index (χ2v) is 11.0.